The molecule has 0 N–H and O–H groups in total. The molecular formula is C17H16FN3OS. The highest BCUT2D eigenvalue weighted by Gasteiger charge is 2.14. The number of benzene rings is 2. The van der Waals surface area contributed by atoms with E-state index >= 15 is 0 Å². The van der Waals surface area contributed by atoms with E-state index in [9.17, 15) is 4.39 Å². The number of hydrogen-bond donors (Lipinski definition) is 0. The van der Waals surface area contributed by atoms with Crippen LogP contribution in [0.15, 0.2) is 53.7 Å². The summed E-state index contributed by atoms with van der Waals surface area (Å²) in [6.07, 6.45) is 0. The third-order valence-electron chi connectivity index (χ3n) is 3.44. The van der Waals surface area contributed by atoms with Crippen LogP contribution in [-0.2, 0) is 12.8 Å². The zero-order chi connectivity index (χ0) is 16.2. The van der Waals surface area contributed by atoms with Crippen molar-refractivity contribution < 1.29 is 9.13 Å². The number of nitrogens with zero attached hydrogens (tertiary/aromatic N) is 3. The summed E-state index contributed by atoms with van der Waals surface area (Å²) in [7, 11) is 3.55. The lowest BCUT2D eigenvalue weighted by atomic mass is 10.2. The molecule has 23 heavy (non-hydrogen) atoms. The first-order valence-electron chi connectivity index (χ1n) is 7.09. The molecule has 1 heterocycles. The molecular weight excluding hydrogens is 313 g/mol. The lowest BCUT2D eigenvalue weighted by molar-refractivity contribution is 0.416. The Balaban J connectivity index is 1.82. The van der Waals surface area contributed by atoms with Gasteiger partial charge in [-0.15, -0.1) is 10.2 Å². The highest BCUT2D eigenvalue weighted by molar-refractivity contribution is 7.98. The van der Waals surface area contributed by atoms with E-state index in [0.717, 1.165) is 27.9 Å². The molecule has 2 aromatic carbocycles. The Morgan fingerprint density at radius 1 is 1.13 bits per heavy atom. The second-order valence-corrected chi connectivity index (χ2v) is 5.93. The van der Waals surface area contributed by atoms with Crippen LogP contribution < -0.4 is 4.74 Å². The molecule has 0 aliphatic carbocycles. The van der Waals surface area contributed by atoms with Crippen molar-refractivity contribution in [3.8, 4) is 17.1 Å². The molecule has 118 valence electrons. The Bertz CT molecular complexity index is 819. The van der Waals surface area contributed by atoms with Gasteiger partial charge in [0.05, 0.1) is 12.7 Å². The Hall–Kier alpha value is -2.34. The summed E-state index contributed by atoms with van der Waals surface area (Å²) in [4.78, 5) is 0. The first-order chi connectivity index (χ1) is 11.2. The highest BCUT2D eigenvalue weighted by Crippen LogP contribution is 2.30. The van der Waals surface area contributed by atoms with E-state index in [1.54, 1.807) is 13.2 Å². The molecule has 4 nitrogen and oxygen atoms in total. The minimum absolute atomic E-state index is 0.226. The van der Waals surface area contributed by atoms with Crippen molar-refractivity contribution in [1.29, 1.82) is 0 Å². The summed E-state index contributed by atoms with van der Waals surface area (Å²) in [5.41, 5.74) is 1.81. The van der Waals surface area contributed by atoms with Gasteiger partial charge in [0.15, 0.2) is 11.0 Å². The van der Waals surface area contributed by atoms with Crippen LogP contribution in [0.4, 0.5) is 4.39 Å². The Morgan fingerprint density at radius 2 is 1.96 bits per heavy atom. The van der Waals surface area contributed by atoms with Gasteiger partial charge in [-0.2, -0.15) is 0 Å². The third kappa shape index (κ3) is 3.37. The zero-order valence-corrected chi connectivity index (χ0v) is 13.7. The Kier molecular flexibility index (Phi) is 4.62. The van der Waals surface area contributed by atoms with E-state index in [0.29, 0.717) is 5.75 Å². The van der Waals surface area contributed by atoms with Crippen LogP contribution in [0.3, 0.4) is 0 Å². The first kappa shape index (κ1) is 15.6. The summed E-state index contributed by atoms with van der Waals surface area (Å²) in [5.74, 6) is 1.90. The van der Waals surface area contributed by atoms with E-state index < -0.39 is 0 Å². The fourth-order valence-corrected chi connectivity index (χ4v) is 3.13. The average molecular weight is 329 g/mol. The second-order valence-electron chi connectivity index (χ2n) is 4.98. The van der Waals surface area contributed by atoms with Crippen molar-refractivity contribution in [3.05, 3.63) is 59.9 Å². The molecule has 6 heteroatoms. The molecule has 3 rings (SSSR count). The van der Waals surface area contributed by atoms with Crippen molar-refractivity contribution in [2.45, 2.75) is 10.9 Å². The molecule has 3 aromatic rings. The maximum atomic E-state index is 13.2. The van der Waals surface area contributed by atoms with Crippen molar-refractivity contribution in [2.75, 3.05) is 7.11 Å². The zero-order valence-electron chi connectivity index (χ0n) is 12.9. The molecule has 0 unspecified atom stereocenters. The van der Waals surface area contributed by atoms with Crippen LogP contribution in [0.1, 0.15) is 5.56 Å². The minimum atomic E-state index is -0.226. The summed E-state index contributed by atoms with van der Waals surface area (Å²) < 4.78 is 20.5. The normalized spacial score (nSPS) is 10.7. The standard InChI is InChI=1S/C17H16FN3OS/c1-21-16(14-8-3-4-9-15(14)22-2)19-20-17(21)23-11-12-6-5-7-13(18)10-12/h3-10H,11H2,1-2H3. The van der Waals surface area contributed by atoms with Crippen LogP contribution in [-0.4, -0.2) is 21.9 Å². The lowest BCUT2D eigenvalue weighted by Gasteiger charge is -2.08. The summed E-state index contributed by atoms with van der Waals surface area (Å²) >= 11 is 1.52. The van der Waals surface area contributed by atoms with Crippen LogP contribution in [0.5, 0.6) is 5.75 Å². The maximum Gasteiger partial charge on any atom is 0.191 e. The fourth-order valence-electron chi connectivity index (χ4n) is 2.28. The van der Waals surface area contributed by atoms with Crippen molar-refractivity contribution >= 4 is 11.8 Å². The monoisotopic (exact) mass is 329 g/mol. The molecule has 1 aromatic heterocycles. The topological polar surface area (TPSA) is 39.9 Å². The molecule has 0 bridgehead atoms. The Labute approximate surface area is 138 Å². The molecule has 0 amide bonds. The number of aromatic nitrogens is 3. The van der Waals surface area contributed by atoms with E-state index in [1.165, 1.54) is 23.9 Å². The Morgan fingerprint density at radius 3 is 2.74 bits per heavy atom. The predicted molar refractivity (Wildman–Crippen MR) is 89.0 cm³/mol. The molecule has 0 saturated heterocycles. The molecule has 0 fully saturated rings. The quantitative estimate of drug-likeness (QED) is 0.665. The SMILES string of the molecule is COc1ccccc1-c1nnc(SCc2cccc(F)c2)n1C. The minimum Gasteiger partial charge on any atom is -0.496 e. The van der Waals surface area contributed by atoms with Gasteiger partial charge in [-0.1, -0.05) is 36.0 Å². The highest BCUT2D eigenvalue weighted by atomic mass is 32.2. The maximum absolute atomic E-state index is 13.2. The molecule has 0 saturated carbocycles. The largest absolute Gasteiger partial charge is 0.496 e. The van der Waals surface area contributed by atoms with E-state index in [1.807, 2.05) is 41.9 Å². The molecule has 0 atom stereocenters. The average Bonchev–Trinajstić information content (AvgIpc) is 2.93. The van der Waals surface area contributed by atoms with Gasteiger partial charge in [-0.25, -0.2) is 4.39 Å². The van der Waals surface area contributed by atoms with Gasteiger partial charge < -0.3 is 9.30 Å². The van der Waals surface area contributed by atoms with Gasteiger partial charge in [0.2, 0.25) is 0 Å². The van der Waals surface area contributed by atoms with E-state index in [4.69, 9.17) is 4.74 Å². The van der Waals surface area contributed by atoms with Crippen LogP contribution in [0.2, 0.25) is 0 Å². The van der Waals surface area contributed by atoms with Gasteiger partial charge in [0.25, 0.3) is 0 Å². The van der Waals surface area contributed by atoms with E-state index in [-0.39, 0.29) is 5.82 Å². The number of halogens is 1. The van der Waals surface area contributed by atoms with Crippen LogP contribution in [0, 0.1) is 5.82 Å². The fraction of sp³-hybridized carbons (Fsp3) is 0.176. The summed E-state index contributed by atoms with van der Waals surface area (Å²) in [5, 5.41) is 9.27. The second kappa shape index (κ2) is 6.83. The number of para-hydroxylation sites is 1. The number of rotatable bonds is 5. The first-order valence-corrected chi connectivity index (χ1v) is 8.07. The van der Waals surface area contributed by atoms with E-state index in [2.05, 4.69) is 10.2 Å². The number of hydrogen-bond acceptors (Lipinski definition) is 4. The van der Waals surface area contributed by atoms with Gasteiger partial charge in [0, 0.05) is 12.8 Å². The van der Waals surface area contributed by atoms with Gasteiger partial charge >= 0.3 is 0 Å². The lowest BCUT2D eigenvalue weighted by Crippen LogP contribution is -1.97. The molecule has 0 radical (unpaired) electrons. The number of thioether (sulfide) groups is 1. The van der Waals surface area contributed by atoms with Crippen molar-refractivity contribution in [1.82, 2.24) is 14.8 Å². The molecule has 0 aliphatic rings. The smallest absolute Gasteiger partial charge is 0.191 e. The predicted octanol–water partition coefficient (Wildman–Crippen LogP) is 3.92. The van der Waals surface area contributed by atoms with Gasteiger partial charge in [0.1, 0.15) is 11.6 Å². The number of ether oxygens (including phenoxy) is 1. The van der Waals surface area contributed by atoms with Crippen LogP contribution >= 0.6 is 11.8 Å². The van der Waals surface area contributed by atoms with Gasteiger partial charge in [-0.05, 0) is 29.8 Å². The van der Waals surface area contributed by atoms with Crippen LogP contribution in [0.25, 0.3) is 11.4 Å². The third-order valence-corrected chi connectivity index (χ3v) is 4.53. The summed E-state index contributed by atoms with van der Waals surface area (Å²) in [6.45, 7) is 0. The van der Waals surface area contributed by atoms with Gasteiger partial charge in [-0.3, -0.25) is 0 Å². The molecule has 0 aliphatic heterocycles. The van der Waals surface area contributed by atoms with Crippen molar-refractivity contribution in [2.24, 2.45) is 7.05 Å². The molecule has 0 spiro atoms. The van der Waals surface area contributed by atoms with Crippen molar-refractivity contribution in [3.63, 3.8) is 0 Å². The number of methoxy groups -OCH3 is 1. The summed E-state index contributed by atoms with van der Waals surface area (Å²) in [6, 6.07) is 14.3.